The second-order valence-corrected chi connectivity index (χ2v) is 8.72. The fourth-order valence-corrected chi connectivity index (χ4v) is 4.11. The Morgan fingerprint density at radius 2 is 1.87 bits per heavy atom. The summed E-state index contributed by atoms with van der Waals surface area (Å²) in [6.45, 7) is 4.18. The van der Waals surface area contributed by atoms with Gasteiger partial charge in [-0.05, 0) is 49.7 Å². The van der Waals surface area contributed by atoms with Crippen molar-refractivity contribution >= 4 is 29.3 Å². The molecule has 1 unspecified atom stereocenters. The molecule has 0 radical (unpaired) electrons. The monoisotopic (exact) mass is 452 g/mol. The number of furan rings is 1. The molecule has 0 bridgehead atoms. The highest BCUT2D eigenvalue weighted by Gasteiger charge is 2.23. The Morgan fingerprint density at radius 3 is 2.55 bits per heavy atom. The summed E-state index contributed by atoms with van der Waals surface area (Å²) in [6, 6.07) is 19.1. The van der Waals surface area contributed by atoms with Crippen molar-refractivity contribution in [2.45, 2.75) is 30.8 Å². The largest absolute Gasteiger partial charge is 0.469 e. The second kappa shape index (κ2) is 9.41. The molecule has 8 heteroatoms. The number of para-hydroxylation sites is 1. The number of hydrogen-bond donors (Lipinski definition) is 1. The first-order valence-corrected chi connectivity index (χ1v) is 11.0. The molecule has 1 atom stereocenters. The number of hydrogen-bond acceptors (Lipinski definition) is 5. The van der Waals surface area contributed by atoms with Gasteiger partial charge < -0.3 is 9.73 Å². The molecule has 2 aromatic carbocycles. The van der Waals surface area contributed by atoms with Gasteiger partial charge in [-0.25, -0.2) is 0 Å². The van der Waals surface area contributed by atoms with Crippen LogP contribution in [0.2, 0.25) is 5.02 Å². The lowest BCUT2D eigenvalue weighted by Gasteiger charge is -2.14. The molecule has 2 heterocycles. The van der Waals surface area contributed by atoms with Crippen molar-refractivity contribution in [1.82, 2.24) is 20.1 Å². The number of carbonyl (C=O) groups excluding carboxylic acids is 1. The zero-order valence-corrected chi connectivity index (χ0v) is 18.7. The van der Waals surface area contributed by atoms with Crippen molar-refractivity contribution in [3.05, 3.63) is 83.3 Å². The van der Waals surface area contributed by atoms with Crippen LogP contribution in [0, 0.1) is 6.92 Å². The third-order valence-corrected chi connectivity index (χ3v) is 6.07. The van der Waals surface area contributed by atoms with Crippen molar-refractivity contribution in [3.63, 3.8) is 0 Å². The van der Waals surface area contributed by atoms with Gasteiger partial charge in [-0.2, -0.15) is 0 Å². The number of carbonyl (C=O) groups is 1. The normalized spacial score (nSPS) is 12.0. The third-order valence-electron chi connectivity index (χ3n) is 4.78. The summed E-state index contributed by atoms with van der Waals surface area (Å²) in [6.07, 6.45) is 1.63. The number of benzene rings is 2. The van der Waals surface area contributed by atoms with Crippen LogP contribution in [0.5, 0.6) is 0 Å². The Hall–Kier alpha value is -3.03. The van der Waals surface area contributed by atoms with Crippen molar-refractivity contribution in [2.24, 2.45) is 0 Å². The van der Waals surface area contributed by atoms with Crippen molar-refractivity contribution in [3.8, 4) is 17.1 Å². The van der Waals surface area contributed by atoms with Gasteiger partial charge in [0, 0.05) is 17.3 Å². The van der Waals surface area contributed by atoms with E-state index in [1.165, 1.54) is 11.8 Å². The maximum Gasteiger partial charge on any atom is 0.233 e. The zero-order chi connectivity index (χ0) is 21.8. The lowest BCUT2D eigenvalue weighted by atomic mass is 10.2. The van der Waals surface area contributed by atoms with E-state index < -0.39 is 0 Å². The van der Waals surface area contributed by atoms with Gasteiger partial charge in [0.05, 0.1) is 17.1 Å². The summed E-state index contributed by atoms with van der Waals surface area (Å²) in [4.78, 5) is 12.7. The molecular weight excluding hydrogens is 432 g/mol. The number of aryl methyl sites for hydroxylation is 1. The molecule has 0 fully saturated rings. The van der Waals surface area contributed by atoms with E-state index >= 15 is 0 Å². The molecule has 0 saturated carbocycles. The van der Waals surface area contributed by atoms with Crippen molar-refractivity contribution < 1.29 is 9.21 Å². The van der Waals surface area contributed by atoms with Crippen LogP contribution in [0.4, 0.5) is 0 Å². The van der Waals surface area contributed by atoms with E-state index in [1.807, 2.05) is 79.1 Å². The number of nitrogens with one attached hydrogen (secondary N) is 1. The van der Waals surface area contributed by atoms with Crippen molar-refractivity contribution in [2.75, 3.05) is 0 Å². The Bertz CT molecular complexity index is 1170. The number of rotatable bonds is 7. The molecule has 31 heavy (non-hydrogen) atoms. The first-order valence-electron chi connectivity index (χ1n) is 9.77. The molecule has 158 valence electrons. The average molecular weight is 453 g/mol. The number of halogens is 1. The van der Waals surface area contributed by atoms with Gasteiger partial charge >= 0.3 is 0 Å². The predicted octanol–water partition coefficient (Wildman–Crippen LogP) is 5.29. The van der Waals surface area contributed by atoms with Crippen molar-refractivity contribution in [1.29, 1.82) is 0 Å². The molecule has 0 aliphatic heterocycles. The lowest BCUT2D eigenvalue weighted by molar-refractivity contribution is -0.120. The molecule has 6 nitrogen and oxygen atoms in total. The van der Waals surface area contributed by atoms with E-state index in [9.17, 15) is 4.79 Å². The topological polar surface area (TPSA) is 72.9 Å². The number of amides is 1. The van der Waals surface area contributed by atoms with E-state index in [0.29, 0.717) is 22.5 Å². The van der Waals surface area contributed by atoms with E-state index in [1.54, 1.807) is 6.26 Å². The molecule has 0 spiro atoms. The quantitative estimate of drug-likeness (QED) is 0.386. The van der Waals surface area contributed by atoms with Gasteiger partial charge in [0.15, 0.2) is 11.0 Å². The van der Waals surface area contributed by atoms with Gasteiger partial charge in [0.1, 0.15) is 5.76 Å². The maximum absolute atomic E-state index is 12.7. The lowest BCUT2D eigenvalue weighted by Crippen LogP contribution is -2.30. The standard InChI is InChI=1S/C23H21ClN4O2S/c1-15-20(12-13-30-15)21-26-27-23(28(21)19-6-4-3-5-7-19)31-16(2)22(29)25-14-17-8-10-18(24)11-9-17/h3-13,16H,14H2,1-2H3,(H,25,29). The molecule has 4 aromatic rings. The summed E-state index contributed by atoms with van der Waals surface area (Å²) >= 11 is 7.28. The second-order valence-electron chi connectivity index (χ2n) is 6.97. The summed E-state index contributed by atoms with van der Waals surface area (Å²) in [5.74, 6) is 1.35. The van der Waals surface area contributed by atoms with Crippen LogP contribution in [0.25, 0.3) is 17.1 Å². The van der Waals surface area contributed by atoms with Gasteiger partial charge in [0.2, 0.25) is 5.91 Å². The van der Waals surface area contributed by atoms with E-state index in [0.717, 1.165) is 22.6 Å². The Balaban J connectivity index is 1.55. The minimum atomic E-state index is -0.364. The molecule has 4 rings (SSSR count). The predicted molar refractivity (Wildman–Crippen MR) is 122 cm³/mol. The van der Waals surface area contributed by atoms with Crippen LogP contribution in [-0.4, -0.2) is 25.9 Å². The van der Waals surface area contributed by atoms with E-state index in [4.69, 9.17) is 16.0 Å². The summed E-state index contributed by atoms with van der Waals surface area (Å²) in [5.41, 5.74) is 2.77. The molecular formula is C23H21ClN4O2S. The SMILES string of the molecule is Cc1occc1-c1nnc(SC(C)C(=O)NCc2ccc(Cl)cc2)n1-c1ccccc1. The average Bonchev–Trinajstić information content (AvgIpc) is 3.39. The van der Waals surface area contributed by atoms with Crippen LogP contribution in [-0.2, 0) is 11.3 Å². The van der Waals surface area contributed by atoms with Crippen LogP contribution in [0.3, 0.4) is 0 Å². The van der Waals surface area contributed by atoms with E-state index in [2.05, 4.69) is 15.5 Å². The fourth-order valence-electron chi connectivity index (χ4n) is 3.09. The smallest absolute Gasteiger partial charge is 0.233 e. The van der Waals surface area contributed by atoms with Crippen LogP contribution in [0.1, 0.15) is 18.2 Å². The highest BCUT2D eigenvalue weighted by atomic mass is 35.5. The van der Waals surface area contributed by atoms with Crippen LogP contribution < -0.4 is 5.32 Å². The Kier molecular flexibility index (Phi) is 6.44. The minimum Gasteiger partial charge on any atom is -0.469 e. The highest BCUT2D eigenvalue weighted by Crippen LogP contribution is 2.31. The summed E-state index contributed by atoms with van der Waals surface area (Å²) < 4.78 is 7.41. The third kappa shape index (κ3) is 4.84. The maximum atomic E-state index is 12.7. The molecule has 1 amide bonds. The molecule has 2 aromatic heterocycles. The summed E-state index contributed by atoms with van der Waals surface area (Å²) in [7, 11) is 0. The van der Waals surface area contributed by atoms with Gasteiger partial charge in [-0.15, -0.1) is 10.2 Å². The van der Waals surface area contributed by atoms with Gasteiger partial charge in [-0.3, -0.25) is 9.36 Å². The Morgan fingerprint density at radius 1 is 1.13 bits per heavy atom. The van der Waals surface area contributed by atoms with Gasteiger partial charge in [-0.1, -0.05) is 53.7 Å². The highest BCUT2D eigenvalue weighted by molar-refractivity contribution is 8.00. The first kappa shape index (κ1) is 21.2. The zero-order valence-electron chi connectivity index (χ0n) is 17.1. The van der Waals surface area contributed by atoms with E-state index in [-0.39, 0.29) is 11.2 Å². The minimum absolute atomic E-state index is 0.0800. The molecule has 0 aliphatic carbocycles. The number of aromatic nitrogens is 3. The number of nitrogens with zero attached hydrogens (tertiary/aromatic N) is 3. The molecule has 0 saturated heterocycles. The van der Waals surface area contributed by atoms with Crippen LogP contribution >= 0.6 is 23.4 Å². The summed E-state index contributed by atoms with van der Waals surface area (Å²) in [5, 5.41) is 12.7. The fraction of sp³-hybridized carbons (Fsp3) is 0.174. The van der Waals surface area contributed by atoms with Gasteiger partial charge in [0.25, 0.3) is 0 Å². The first-order chi connectivity index (χ1) is 15.0. The number of thioether (sulfide) groups is 1. The van der Waals surface area contributed by atoms with Crippen LogP contribution in [0.15, 0.2) is 76.5 Å². The molecule has 1 N–H and O–H groups in total. The Labute approximate surface area is 189 Å². The molecule has 0 aliphatic rings.